The van der Waals surface area contributed by atoms with Crippen molar-refractivity contribution in [1.29, 1.82) is 0 Å². The van der Waals surface area contributed by atoms with Crippen LogP contribution in [0.2, 0.25) is 0 Å². The molecule has 22 heavy (non-hydrogen) atoms. The zero-order chi connectivity index (χ0) is 14.5. The van der Waals surface area contributed by atoms with Crippen molar-refractivity contribution in [3.8, 4) is 0 Å². The van der Waals surface area contributed by atoms with Crippen molar-refractivity contribution in [2.75, 3.05) is 0 Å². The molecule has 2 unspecified atom stereocenters. The van der Waals surface area contributed by atoms with Crippen molar-refractivity contribution < 1.29 is 78.9 Å². The fourth-order valence-corrected chi connectivity index (χ4v) is 2.25. The maximum absolute atomic E-state index is 11.4. The standard InChI is InChI=1S/C16H14O4.2Na/c17-15(18)13(11-7-3-1-4-8-11)14(16(19)20)12-9-5-2-6-10-12;;/h1-10,13-14H,(H,17,18)(H,19,20);;/q;2*+1/p-2. The molecule has 0 saturated heterocycles. The maximum Gasteiger partial charge on any atom is 1.00 e. The second-order valence-electron chi connectivity index (χ2n) is 4.41. The van der Waals surface area contributed by atoms with Crippen molar-refractivity contribution in [2.24, 2.45) is 0 Å². The third-order valence-electron chi connectivity index (χ3n) is 3.16. The van der Waals surface area contributed by atoms with Crippen LogP contribution in [0.5, 0.6) is 0 Å². The van der Waals surface area contributed by atoms with Crippen LogP contribution in [0.25, 0.3) is 0 Å². The Labute approximate surface area is 173 Å². The minimum atomic E-state index is -1.44. The van der Waals surface area contributed by atoms with E-state index in [0.29, 0.717) is 11.1 Å². The first-order valence-electron chi connectivity index (χ1n) is 6.13. The zero-order valence-corrected chi connectivity index (χ0v) is 16.6. The van der Waals surface area contributed by atoms with Gasteiger partial charge >= 0.3 is 59.1 Å². The monoisotopic (exact) mass is 314 g/mol. The van der Waals surface area contributed by atoms with E-state index in [9.17, 15) is 19.8 Å². The number of carboxylic acid groups (broad SMARTS) is 2. The Bertz CT molecular complexity index is 547. The fourth-order valence-electron chi connectivity index (χ4n) is 2.25. The number of carboxylic acids is 2. The summed E-state index contributed by atoms with van der Waals surface area (Å²) in [5.41, 5.74) is 0.760. The normalized spacial score (nSPS) is 12.2. The molecule has 0 heterocycles. The molecule has 0 amide bonds. The van der Waals surface area contributed by atoms with E-state index in [2.05, 4.69) is 0 Å². The van der Waals surface area contributed by atoms with E-state index in [1.54, 1.807) is 60.7 Å². The molecule has 0 aliphatic heterocycles. The van der Waals surface area contributed by atoms with Crippen LogP contribution in [-0.2, 0) is 9.59 Å². The average Bonchev–Trinajstić information content (AvgIpc) is 2.45. The van der Waals surface area contributed by atoms with Gasteiger partial charge in [-0.25, -0.2) is 0 Å². The van der Waals surface area contributed by atoms with Gasteiger partial charge in [-0.2, -0.15) is 0 Å². The number of aliphatic carboxylic acids is 2. The molecule has 6 heteroatoms. The van der Waals surface area contributed by atoms with Gasteiger partial charge in [-0.3, -0.25) is 0 Å². The molecule has 0 N–H and O–H groups in total. The van der Waals surface area contributed by atoms with Crippen LogP contribution >= 0.6 is 0 Å². The van der Waals surface area contributed by atoms with E-state index in [1.807, 2.05) is 0 Å². The SMILES string of the molecule is O=C([O-])C(c1ccccc1)C(C(=O)[O-])c1ccccc1.[Na+].[Na+]. The first-order chi connectivity index (χ1) is 9.61. The van der Waals surface area contributed by atoms with Crippen molar-refractivity contribution >= 4 is 11.9 Å². The smallest absolute Gasteiger partial charge is 0.549 e. The van der Waals surface area contributed by atoms with E-state index in [1.165, 1.54) is 0 Å². The molecule has 0 fully saturated rings. The van der Waals surface area contributed by atoms with Crippen LogP contribution in [-0.4, -0.2) is 11.9 Å². The molecule has 102 valence electrons. The van der Waals surface area contributed by atoms with Gasteiger partial charge in [0.25, 0.3) is 0 Å². The quantitative estimate of drug-likeness (QED) is 0.515. The third-order valence-corrected chi connectivity index (χ3v) is 3.16. The Hall–Kier alpha value is -0.620. The van der Waals surface area contributed by atoms with Gasteiger partial charge in [0.2, 0.25) is 0 Å². The average molecular weight is 314 g/mol. The van der Waals surface area contributed by atoms with Gasteiger partial charge in [-0.05, 0) is 11.1 Å². The Morgan fingerprint density at radius 2 is 0.909 bits per heavy atom. The molecule has 2 aromatic rings. The molecule has 0 aromatic heterocycles. The molecular formula is C16H12Na2O4. The van der Waals surface area contributed by atoms with Crippen molar-refractivity contribution in [2.45, 2.75) is 11.8 Å². The first-order valence-corrected chi connectivity index (χ1v) is 6.13. The molecule has 2 atom stereocenters. The van der Waals surface area contributed by atoms with E-state index < -0.39 is 23.8 Å². The number of hydrogen-bond donors (Lipinski definition) is 0. The second kappa shape index (κ2) is 10.2. The van der Waals surface area contributed by atoms with Gasteiger partial charge < -0.3 is 19.8 Å². The maximum atomic E-state index is 11.4. The van der Waals surface area contributed by atoms with Gasteiger partial charge in [-0.1, -0.05) is 60.7 Å². The summed E-state index contributed by atoms with van der Waals surface area (Å²) in [6.45, 7) is 0. The minimum Gasteiger partial charge on any atom is -0.549 e. The summed E-state index contributed by atoms with van der Waals surface area (Å²) in [4.78, 5) is 22.8. The van der Waals surface area contributed by atoms with Crippen LogP contribution in [0.1, 0.15) is 23.0 Å². The number of benzene rings is 2. The number of hydrogen-bond acceptors (Lipinski definition) is 4. The van der Waals surface area contributed by atoms with E-state index >= 15 is 0 Å². The van der Waals surface area contributed by atoms with Gasteiger partial charge in [0, 0.05) is 23.8 Å². The molecule has 0 bridgehead atoms. The Morgan fingerprint density at radius 3 is 1.14 bits per heavy atom. The topological polar surface area (TPSA) is 80.3 Å². The van der Waals surface area contributed by atoms with Gasteiger partial charge in [-0.15, -0.1) is 0 Å². The molecule has 2 aromatic carbocycles. The summed E-state index contributed by atoms with van der Waals surface area (Å²) < 4.78 is 0. The summed E-state index contributed by atoms with van der Waals surface area (Å²) in [7, 11) is 0. The summed E-state index contributed by atoms with van der Waals surface area (Å²) in [5.74, 6) is -5.45. The van der Waals surface area contributed by atoms with Gasteiger partial charge in [0.15, 0.2) is 0 Å². The predicted molar refractivity (Wildman–Crippen MR) is 68.4 cm³/mol. The van der Waals surface area contributed by atoms with Crippen molar-refractivity contribution in [3.63, 3.8) is 0 Å². The summed E-state index contributed by atoms with van der Waals surface area (Å²) in [5, 5.41) is 22.8. The molecule has 0 aliphatic carbocycles. The van der Waals surface area contributed by atoms with Gasteiger partial charge in [0.1, 0.15) is 0 Å². The molecule has 0 saturated carbocycles. The molecule has 0 radical (unpaired) electrons. The van der Waals surface area contributed by atoms with E-state index in [0.717, 1.165) is 0 Å². The van der Waals surface area contributed by atoms with Crippen LogP contribution in [0.4, 0.5) is 0 Å². The van der Waals surface area contributed by atoms with E-state index in [4.69, 9.17) is 0 Å². The van der Waals surface area contributed by atoms with Crippen LogP contribution in [0.15, 0.2) is 60.7 Å². The summed E-state index contributed by atoms with van der Waals surface area (Å²) in [6.07, 6.45) is 0. The molecule has 2 rings (SSSR count). The molecule has 0 aliphatic rings. The van der Waals surface area contributed by atoms with Crippen molar-refractivity contribution in [1.82, 2.24) is 0 Å². The van der Waals surface area contributed by atoms with Crippen LogP contribution in [0.3, 0.4) is 0 Å². The second-order valence-corrected chi connectivity index (χ2v) is 4.41. The predicted octanol–water partition coefficient (Wildman–Crippen LogP) is -5.94. The molecule has 0 spiro atoms. The number of rotatable bonds is 5. The first kappa shape index (κ1) is 21.4. The number of carbonyl (C=O) groups is 2. The third kappa shape index (κ3) is 5.23. The van der Waals surface area contributed by atoms with E-state index in [-0.39, 0.29) is 59.1 Å². The van der Waals surface area contributed by atoms with Crippen molar-refractivity contribution in [3.05, 3.63) is 71.8 Å². The molecular weight excluding hydrogens is 302 g/mol. The Morgan fingerprint density at radius 1 is 0.636 bits per heavy atom. The van der Waals surface area contributed by atoms with Gasteiger partial charge in [0.05, 0.1) is 0 Å². The fraction of sp³-hybridized carbons (Fsp3) is 0.125. The van der Waals surface area contributed by atoms with Crippen LogP contribution < -0.4 is 69.3 Å². The summed E-state index contributed by atoms with van der Waals surface area (Å²) >= 11 is 0. The summed E-state index contributed by atoms with van der Waals surface area (Å²) in [6, 6.07) is 16.4. The Balaban J connectivity index is 0.00000220. The largest absolute Gasteiger partial charge is 1.00 e. The molecule has 4 nitrogen and oxygen atoms in total. The zero-order valence-electron chi connectivity index (χ0n) is 12.6. The Kier molecular flexibility index (Phi) is 9.92. The minimum absolute atomic E-state index is 0. The van der Waals surface area contributed by atoms with Crippen LogP contribution in [0, 0.1) is 0 Å². The number of carbonyl (C=O) groups excluding carboxylic acids is 2.